The lowest BCUT2D eigenvalue weighted by Crippen LogP contribution is -2.73. The van der Waals surface area contributed by atoms with Crippen LogP contribution in [0.15, 0.2) is 18.2 Å². The number of carbonyl (C=O) groups excluding carboxylic acids is 1. The molecule has 1 amide bonds. The third-order valence-electron chi connectivity index (χ3n) is 4.50. The van der Waals surface area contributed by atoms with Crippen LogP contribution in [0.3, 0.4) is 0 Å². The van der Waals surface area contributed by atoms with Gasteiger partial charge in [0.15, 0.2) is 6.54 Å². The Kier molecular flexibility index (Phi) is 3.95. The number of hydrogen-bond donors (Lipinski definition) is 2. The average Bonchev–Trinajstić information content (AvgIpc) is 2.85. The summed E-state index contributed by atoms with van der Waals surface area (Å²) in [5.41, 5.74) is 3.49. The zero-order valence-corrected chi connectivity index (χ0v) is 12.9. The smallest absolute Gasteiger partial charge is 0.266 e. The summed E-state index contributed by atoms with van der Waals surface area (Å²) < 4.78 is 0. The normalized spacial score (nSPS) is 19.8. The first-order valence-electron chi connectivity index (χ1n) is 7.92. The van der Waals surface area contributed by atoms with Crippen molar-refractivity contribution in [3.8, 4) is 0 Å². The molecule has 1 fully saturated rings. The Morgan fingerprint density at radius 2 is 1.95 bits per heavy atom. The number of aryl methyl sites for hydroxylation is 2. The SMILES string of the molecule is Cc1ccc(C)c(NC2=[NH+]CC(=O)N2C2CCCCC2)c1. The summed E-state index contributed by atoms with van der Waals surface area (Å²) in [5.74, 6) is 1.05. The van der Waals surface area contributed by atoms with Gasteiger partial charge in [0.25, 0.3) is 0 Å². The number of benzene rings is 1. The summed E-state index contributed by atoms with van der Waals surface area (Å²) in [6.07, 6.45) is 5.99. The summed E-state index contributed by atoms with van der Waals surface area (Å²) >= 11 is 0. The molecule has 1 heterocycles. The van der Waals surface area contributed by atoms with Gasteiger partial charge in [0, 0.05) is 0 Å². The lowest BCUT2D eigenvalue weighted by molar-refractivity contribution is -0.438. The summed E-state index contributed by atoms with van der Waals surface area (Å²) in [6, 6.07) is 6.71. The van der Waals surface area contributed by atoms with E-state index in [1.165, 1.54) is 30.4 Å². The van der Waals surface area contributed by atoms with Crippen LogP contribution in [0.2, 0.25) is 0 Å². The zero-order valence-electron chi connectivity index (χ0n) is 12.9. The lowest BCUT2D eigenvalue weighted by Gasteiger charge is -2.26. The molecule has 21 heavy (non-hydrogen) atoms. The Morgan fingerprint density at radius 3 is 2.71 bits per heavy atom. The van der Waals surface area contributed by atoms with E-state index in [1.807, 2.05) is 4.90 Å². The van der Waals surface area contributed by atoms with Crippen LogP contribution >= 0.6 is 0 Å². The molecule has 0 saturated heterocycles. The van der Waals surface area contributed by atoms with Crippen LogP contribution < -0.4 is 10.3 Å². The molecule has 4 heteroatoms. The first kappa shape index (κ1) is 14.1. The van der Waals surface area contributed by atoms with Gasteiger partial charge < -0.3 is 0 Å². The fraction of sp³-hybridized carbons (Fsp3) is 0.529. The molecule has 0 unspecified atom stereocenters. The Labute approximate surface area is 126 Å². The first-order valence-corrected chi connectivity index (χ1v) is 7.92. The fourth-order valence-corrected chi connectivity index (χ4v) is 3.28. The highest BCUT2D eigenvalue weighted by Crippen LogP contribution is 2.24. The molecule has 1 aromatic carbocycles. The standard InChI is InChI=1S/C17H23N3O/c1-12-8-9-13(2)15(10-12)19-17-18-11-16(21)20(17)14-6-4-3-5-7-14/h8-10,14H,3-7,11H2,1-2H3,(H,18,19)/p+1. The quantitative estimate of drug-likeness (QED) is 0.861. The van der Waals surface area contributed by atoms with E-state index in [1.54, 1.807) is 0 Å². The number of rotatable bonds is 2. The Morgan fingerprint density at radius 1 is 1.19 bits per heavy atom. The van der Waals surface area contributed by atoms with Crippen LogP contribution in [-0.4, -0.2) is 29.4 Å². The highest BCUT2D eigenvalue weighted by Gasteiger charge is 2.39. The van der Waals surface area contributed by atoms with E-state index in [4.69, 9.17) is 0 Å². The number of hydrogen-bond acceptors (Lipinski definition) is 2. The van der Waals surface area contributed by atoms with E-state index in [0.29, 0.717) is 12.6 Å². The Bertz CT molecular complexity index is 573. The van der Waals surface area contributed by atoms with Crippen LogP contribution in [0.1, 0.15) is 43.2 Å². The number of guanidine groups is 1. The maximum atomic E-state index is 12.2. The predicted molar refractivity (Wildman–Crippen MR) is 84.1 cm³/mol. The molecule has 0 radical (unpaired) electrons. The number of amides is 1. The van der Waals surface area contributed by atoms with Crippen molar-refractivity contribution in [3.63, 3.8) is 0 Å². The molecule has 4 nitrogen and oxygen atoms in total. The van der Waals surface area contributed by atoms with Gasteiger partial charge in [-0.15, -0.1) is 0 Å². The Balaban J connectivity index is 1.80. The van der Waals surface area contributed by atoms with Crippen molar-refractivity contribution in [1.82, 2.24) is 4.90 Å². The van der Waals surface area contributed by atoms with Gasteiger partial charge in [0.05, 0.1) is 6.04 Å². The van der Waals surface area contributed by atoms with Crippen molar-refractivity contribution >= 4 is 17.6 Å². The molecule has 3 rings (SSSR count). The van der Waals surface area contributed by atoms with E-state index in [0.717, 1.165) is 24.5 Å². The summed E-state index contributed by atoms with van der Waals surface area (Å²) in [7, 11) is 0. The molecule has 1 saturated carbocycles. The molecular weight excluding hydrogens is 262 g/mol. The molecule has 112 valence electrons. The van der Waals surface area contributed by atoms with Crippen molar-refractivity contribution < 1.29 is 9.79 Å². The van der Waals surface area contributed by atoms with Crippen molar-refractivity contribution in [2.24, 2.45) is 0 Å². The second-order valence-electron chi connectivity index (χ2n) is 6.20. The number of nitrogens with one attached hydrogen (secondary N) is 2. The van der Waals surface area contributed by atoms with Crippen LogP contribution in [-0.2, 0) is 4.79 Å². The molecule has 1 aliphatic carbocycles. The monoisotopic (exact) mass is 286 g/mol. The molecule has 0 bridgehead atoms. The Hall–Kier alpha value is -1.84. The van der Waals surface area contributed by atoms with E-state index in [-0.39, 0.29) is 5.91 Å². The molecule has 0 spiro atoms. The van der Waals surface area contributed by atoms with Crippen molar-refractivity contribution in [3.05, 3.63) is 29.3 Å². The van der Waals surface area contributed by atoms with Gasteiger partial charge in [0.2, 0.25) is 0 Å². The highest BCUT2D eigenvalue weighted by atomic mass is 16.2. The van der Waals surface area contributed by atoms with Crippen molar-refractivity contribution in [2.45, 2.75) is 52.0 Å². The van der Waals surface area contributed by atoms with E-state index in [2.05, 4.69) is 42.4 Å². The molecule has 2 N–H and O–H groups in total. The minimum Gasteiger partial charge on any atom is -0.266 e. The third-order valence-corrected chi connectivity index (χ3v) is 4.50. The van der Waals surface area contributed by atoms with Gasteiger partial charge in [-0.1, -0.05) is 18.6 Å². The topological polar surface area (TPSA) is 46.3 Å². The third kappa shape index (κ3) is 2.94. The fourth-order valence-electron chi connectivity index (χ4n) is 3.28. The van der Waals surface area contributed by atoms with Gasteiger partial charge in [-0.3, -0.25) is 9.79 Å². The molecule has 1 aromatic rings. The molecular formula is C17H24N3O+. The number of carbonyl (C=O) groups is 1. The van der Waals surface area contributed by atoms with Gasteiger partial charge in [-0.25, -0.2) is 5.32 Å². The molecule has 2 aliphatic rings. The van der Waals surface area contributed by atoms with Gasteiger partial charge >= 0.3 is 11.9 Å². The molecule has 0 aromatic heterocycles. The molecule has 0 atom stereocenters. The second-order valence-corrected chi connectivity index (χ2v) is 6.20. The predicted octanol–water partition coefficient (Wildman–Crippen LogP) is 1.33. The van der Waals surface area contributed by atoms with Crippen LogP contribution in [0, 0.1) is 13.8 Å². The largest absolute Gasteiger partial charge is 0.358 e. The number of nitrogens with zero attached hydrogens (tertiary/aromatic N) is 1. The summed E-state index contributed by atoms with van der Waals surface area (Å²) in [5, 5.41) is 3.44. The van der Waals surface area contributed by atoms with E-state index < -0.39 is 0 Å². The lowest BCUT2D eigenvalue weighted by atomic mass is 9.94. The van der Waals surface area contributed by atoms with Crippen LogP contribution in [0.5, 0.6) is 0 Å². The van der Waals surface area contributed by atoms with Gasteiger partial charge in [0.1, 0.15) is 5.69 Å². The minimum absolute atomic E-state index is 0.190. The van der Waals surface area contributed by atoms with Gasteiger partial charge in [-0.2, -0.15) is 4.90 Å². The minimum atomic E-state index is 0.190. The maximum absolute atomic E-state index is 12.2. The maximum Gasteiger partial charge on any atom is 0.358 e. The van der Waals surface area contributed by atoms with Crippen LogP contribution in [0.4, 0.5) is 5.69 Å². The molecule has 1 aliphatic heterocycles. The average molecular weight is 286 g/mol. The zero-order chi connectivity index (χ0) is 14.8. The summed E-state index contributed by atoms with van der Waals surface area (Å²) in [4.78, 5) is 17.4. The van der Waals surface area contributed by atoms with E-state index in [9.17, 15) is 4.79 Å². The number of anilines is 1. The van der Waals surface area contributed by atoms with Crippen molar-refractivity contribution in [1.29, 1.82) is 0 Å². The van der Waals surface area contributed by atoms with E-state index >= 15 is 0 Å². The van der Waals surface area contributed by atoms with Crippen LogP contribution in [0.25, 0.3) is 0 Å². The van der Waals surface area contributed by atoms with Crippen molar-refractivity contribution in [2.75, 3.05) is 11.9 Å². The highest BCUT2D eigenvalue weighted by molar-refractivity contribution is 6.04. The second kappa shape index (κ2) is 5.88. The first-order chi connectivity index (χ1) is 10.1. The van der Waals surface area contributed by atoms with Gasteiger partial charge in [-0.05, 0) is 56.7 Å². The summed E-state index contributed by atoms with van der Waals surface area (Å²) in [6.45, 7) is 4.58.